The number of ether oxygens (including phenoxy) is 1. The Kier molecular flexibility index (Phi) is 5.12. The molecule has 164 valence electrons. The molecular formula is C21H24F2N6O2. The molecule has 0 radical (unpaired) electrons. The highest BCUT2D eigenvalue weighted by Gasteiger charge is 2.47. The van der Waals surface area contributed by atoms with Crippen LogP contribution in [-0.4, -0.2) is 53.8 Å². The third-order valence-corrected chi connectivity index (χ3v) is 5.31. The molecule has 31 heavy (non-hydrogen) atoms. The van der Waals surface area contributed by atoms with Crippen LogP contribution in [0.2, 0.25) is 0 Å². The molecule has 1 saturated heterocycles. The summed E-state index contributed by atoms with van der Waals surface area (Å²) < 4.78 is 34.4. The zero-order valence-electron chi connectivity index (χ0n) is 17.6. The Hall–Kier alpha value is -3.14. The number of nitrogens with zero attached hydrogens (tertiary/aromatic N) is 4. The monoisotopic (exact) mass is 430 g/mol. The van der Waals surface area contributed by atoms with Crippen LogP contribution in [0.1, 0.15) is 34.1 Å². The summed E-state index contributed by atoms with van der Waals surface area (Å²) in [6.07, 6.45) is 1.27. The van der Waals surface area contributed by atoms with Gasteiger partial charge in [-0.15, -0.1) is 10.2 Å². The molecule has 3 aromatic rings. The number of piperidine rings is 1. The van der Waals surface area contributed by atoms with Gasteiger partial charge >= 0.3 is 0 Å². The highest BCUT2D eigenvalue weighted by atomic mass is 19.1. The predicted molar refractivity (Wildman–Crippen MR) is 110 cm³/mol. The molecule has 0 spiro atoms. The Morgan fingerprint density at radius 2 is 1.94 bits per heavy atom. The van der Waals surface area contributed by atoms with Crippen LogP contribution in [0.25, 0.3) is 22.5 Å². The van der Waals surface area contributed by atoms with Crippen molar-refractivity contribution in [3.05, 3.63) is 36.5 Å². The fourth-order valence-electron chi connectivity index (χ4n) is 4.10. The number of rotatable bonds is 4. The molecule has 1 aliphatic heterocycles. The summed E-state index contributed by atoms with van der Waals surface area (Å²) in [6, 6.07) is 4.50. The number of pyridine rings is 1. The van der Waals surface area contributed by atoms with Crippen LogP contribution in [0, 0.1) is 5.95 Å². The maximum absolute atomic E-state index is 14.9. The summed E-state index contributed by atoms with van der Waals surface area (Å²) in [4.78, 5) is 4.17. The molecule has 0 saturated carbocycles. The second-order valence-electron chi connectivity index (χ2n) is 8.94. The Bertz CT molecular complexity index is 1080. The number of hydrogen-bond donors (Lipinski definition) is 3. The van der Waals surface area contributed by atoms with E-state index in [1.807, 2.05) is 13.8 Å². The highest BCUT2D eigenvalue weighted by Crippen LogP contribution is 2.34. The minimum atomic E-state index is -1.23. The van der Waals surface area contributed by atoms with Crippen LogP contribution >= 0.6 is 0 Å². The third-order valence-electron chi connectivity index (χ3n) is 5.31. The number of hydrogen-bond acceptors (Lipinski definition) is 7. The summed E-state index contributed by atoms with van der Waals surface area (Å²) in [5.74, 6) is -0.626. The van der Waals surface area contributed by atoms with E-state index in [0.29, 0.717) is 17.7 Å². The number of aromatic amines is 1. The van der Waals surface area contributed by atoms with Gasteiger partial charge in [-0.3, -0.25) is 5.10 Å². The predicted octanol–water partition coefficient (Wildman–Crippen LogP) is 3.41. The molecule has 4 heterocycles. The van der Waals surface area contributed by atoms with E-state index in [2.05, 4.69) is 30.7 Å². The standard InChI is InChI=1S/C21H24F2N6O2/c1-20(2)8-15(18(22)21(3,4)29-20)31-16-6-5-13(26-27-16)17-14(30)7-11(9-24-17)12-10-25-28-19(12)23/h5-7,9-10,15,18,29-30H,8H2,1-4H3,(H,25,28)/t15-,18-/m0/s1. The number of aromatic nitrogens is 5. The number of alkyl halides is 1. The lowest BCUT2D eigenvalue weighted by Gasteiger charge is -2.48. The quantitative estimate of drug-likeness (QED) is 0.582. The van der Waals surface area contributed by atoms with E-state index in [1.165, 1.54) is 18.5 Å². The van der Waals surface area contributed by atoms with Crippen LogP contribution in [0.5, 0.6) is 11.6 Å². The average Bonchev–Trinajstić information content (AvgIpc) is 3.11. The van der Waals surface area contributed by atoms with Crippen molar-refractivity contribution in [2.45, 2.75) is 57.5 Å². The molecule has 0 aliphatic carbocycles. The minimum Gasteiger partial charge on any atom is -0.506 e. The SMILES string of the molecule is CC1(C)C[C@H](Oc2ccc(-c3ncc(-c4cn[nH]c4F)cc3O)nn2)[C@H](F)C(C)(C)N1. The van der Waals surface area contributed by atoms with E-state index in [0.717, 1.165) is 0 Å². The Balaban J connectivity index is 1.53. The lowest BCUT2D eigenvalue weighted by Crippen LogP contribution is -2.66. The van der Waals surface area contributed by atoms with E-state index in [9.17, 15) is 13.9 Å². The molecule has 3 aromatic heterocycles. The van der Waals surface area contributed by atoms with Gasteiger partial charge < -0.3 is 15.2 Å². The van der Waals surface area contributed by atoms with Crippen LogP contribution < -0.4 is 10.1 Å². The van der Waals surface area contributed by atoms with Gasteiger partial charge in [-0.2, -0.15) is 9.49 Å². The van der Waals surface area contributed by atoms with Crippen LogP contribution in [0.3, 0.4) is 0 Å². The van der Waals surface area contributed by atoms with Crippen molar-refractivity contribution in [1.82, 2.24) is 30.7 Å². The largest absolute Gasteiger partial charge is 0.506 e. The minimum absolute atomic E-state index is 0.180. The van der Waals surface area contributed by atoms with E-state index in [4.69, 9.17) is 4.74 Å². The molecular weight excluding hydrogens is 406 g/mol. The van der Waals surface area contributed by atoms with Crippen molar-refractivity contribution < 1.29 is 18.6 Å². The first-order valence-corrected chi connectivity index (χ1v) is 9.88. The van der Waals surface area contributed by atoms with Crippen molar-refractivity contribution in [2.24, 2.45) is 0 Å². The lowest BCUT2D eigenvalue weighted by molar-refractivity contribution is -0.0281. The third kappa shape index (κ3) is 4.20. The van der Waals surface area contributed by atoms with Crippen LogP contribution in [0.4, 0.5) is 8.78 Å². The Morgan fingerprint density at radius 1 is 1.16 bits per heavy atom. The molecule has 4 rings (SSSR count). The first kappa shape index (κ1) is 21.1. The molecule has 0 aromatic carbocycles. The molecule has 10 heteroatoms. The molecule has 1 fully saturated rings. The van der Waals surface area contributed by atoms with Crippen molar-refractivity contribution in [3.8, 4) is 34.1 Å². The van der Waals surface area contributed by atoms with E-state index in [1.54, 1.807) is 26.0 Å². The van der Waals surface area contributed by atoms with Gasteiger partial charge in [0.25, 0.3) is 0 Å². The van der Waals surface area contributed by atoms with E-state index < -0.39 is 23.8 Å². The molecule has 0 unspecified atom stereocenters. The van der Waals surface area contributed by atoms with Crippen LogP contribution in [-0.2, 0) is 0 Å². The zero-order chi connectivity index (χ0) is 22.4. The Labute approximate surface area is 178 Å². The van der Waals surface area contributed by atoms with Gasteiger partial charge in [-0.05, 0) is 39.8 Å². The van der Waals surface area contributed by atoms with Gasteiger partial charge in [0.1, 0.15) is 23.2 Å². The highest BCUT2D eigenvalue weighted by molar-refractivity contribution is 5.69. The fourth-order valence-corrected chi connectivity index (χ4v) is 4.10. The van der Waals surface area contributed by atoms with E-state index in [-0.39, 0.29) is 28.4 Å². The molecule has 0 amide bonds. The second-order valence-corrected chi connectivity index (χ2v) is 8.94. The second kappa shape index (κ2) is 7.52. The topological polar surface area (TPSA) is 109 Å². The summed E-state index contributed by atoms with van der Waals surface area (Å²) in [7, 11) is 0. The summed E-state index contributed by atoms with van der Waals surface area (Å²) >= 11 is 0. The number of nitrogens with one attached hydrogen (secondary N) is 2. The van der Waals surface area contributed by atoms with Crippen molar-refractivity contribution >= 4 is 0 Å². The molecule has 3 N–H and O–H groups in total. The molecule has 0 bridgehead atoms. The first-order chi connectivity index (χ1) is 14.6. The van der Waals surface area contributed by atoms with Gasteiger partial charge in [0, 0.05) is 35.3 Å². The normalized spacial score (nSPS) is 22.3. The Morgan fingerprint density at radius 3 is 2.55 bits per heavy atom. The van der Waals surface area contributed by atoms with Gasteiger partial charge in [-0.1, -0.05) is 0 Å². The van der Waals surface area contributed by atoms with Gasteiger partial charge in [0.15, 0.2) is 6.17 Å². The first-order valence-electron chi connectivity index (χ1n) is 9.88. The molecule has 2 atom stereocenters. The number of H-pyrrole nitrogens is 1. The zero-order valence-corrected chi connectivity index (χ0v) is 17.6. The summed E-state index contributed by atoms with van der Waals surface area (Å²) in [5, 5.41) is 27.5. The van der Waals surface area contributed by atoms with Crippen molar-refractivity contribution in [2.75, 3.05) is 0 Å². The summed E-state index contributed by atoms with van der Waals surface area (Å²) in [5.41, 5.74) is -0.00350. The fraction of sp³-hybridized carbons (Fsp3) is 0.429. The molecule has 8 nitrogen and oxygen atoms in total. The maximum atomic E-state index is 14.9. The smallest absolute Gasteiger partial charge is 0.233 e. The average molecular weight is 430 g/mol. The summed E-state index contributed by atoms with van der Waals surface area (Å²) in [6.45, 7) is 7.60. The van der Waals surface area contributed by atoms with Gasteiger partial charge in [0.05, 0.1) is 11.8 Å². The lowest BCUT2D eigenvalue weighted by atomic mass is 9.79. The number of aromatic hydroxyl groups is 1. The van der Waals surface area contributed by atoms with Gasteiger partial charge in [0.2, 0.25) is 11.8 Å². The van der Waals surface area contributed by atoms with Crippen molar-refractivity contribution in [1.29, 1.82) is 0 Å². The van der Waals surface area contributed by atoms with E-state index >= 15 is 0 Å². The van der Waals surface area contributed by atoms with Crippen LogP contribution in [0.15, 0.2) is 30.6 Å². The van der Waals surface area contributed by atoms with Gasteiger partial charge in [-0.25, -0.2) is 9.37 Å². The maximum Gasteiger partial charge on any atom is 0.233 e. The van der Waals surface area contributed by atoms with Crippen molar-refractivity contribution in [3.63, 3.8) is 0 Å². The number of halogens is 2. The molecule has 1 aliphatic rings.